The number of hydrogen-bond donors (Lipinski definition) is 0. The van der Waals surface area contributed by atoms with Crippen LogP contribution in [0.4, 0.5) is 4.39 Å². The average Bonchev–Trinajstić information content (AvgIpc) is 2.85. The van der Waals surface area contributed by atoms with Crippen molar-refractivity contribution in [3.63, 3.8) is 0 Å². The first-order chi connectivity index (χ1) is 17.4. The number of nitrogens with zero attached hydrogens (tertiary/aromatic N) is 2. The zero-order chi connectivity index (χ0) is 25.3. The second-order valence-corrected chi connectivity index (χ2v) is 11.8. The molecule has 36 heavy (non-hydrogen) atoms. The molecule has 190 valence electrons. The fourth-order valence-electron chi connectivity index (χ4n) is 5.79. The highest BCUT2D eigenvalue weighted by atomic mass is 32.2. The second-order valence-electron chi connectivity index (χ2n) is 9.85. The SMILES string of the molecule is COC[C@@H]1[C@@H](c2ccc(-c3cccc(C)c3)cc2)[C@@H]2CN(S(=O)(=O)c3ccccc3F)CCCCN12. The van der Waals surface area contributed by atoms with Crippen molar-refractivity contribution in [2.24, 2.45) is 0 Å². The highest BCUT2D eigenvalue weighted by Gasteiger charge is 2.50. The molecule has 0 amide bonds. The van der Waals surface area contributed by atoms with Crippen molar-refractivity contribution >= 4 is 10.0 Å². The van der Waals surface area contributed by atoms with E-state index in [2.05, 4.69) is 60.4 Å². The molecule has 2 saturated heterocycles. The summed E-state index contributed by atoms with van der Waals surface area (Å²) in [6, 6.07) is 22.9. The average molecular weight is 509 g/mol. The van der Waals surface area contributed by atoms with Crippen molar-refractivity contribution in [3.8, 4) is 11.1 Å². The summed E-state index contributed by atoms with van der Waals surface area (Å²) in [7, 11) is -2.22. The van der Waals surface area contributed by atoms with Gasteiger partial charge in [0, 0.05) is 38.2 Å². The predicted molar refractivity (Wildman–Crippen MR) is 140 cm³/mol. The molecule has 0 aliphatic carbocycles. The minimum absolute atomic E-state index is 0.0109. The van der Waals surface area contributed by atoms with Gasteiger partial charge in [0.2, 0.25) is 10.0 Å². The van der Waals surface area contributed by atoms with Gasteiger partial charge in [0.25, 0.3) is 0 Å². The Labute approximate surface area is 213 Å². The van der Waals surface area contributed by atoms with Crippen molar-refractivity contribution < 1.29 is 17.5 Å². The number of sulfonamides is 1. The van der Waals surface area contributed by atoms with Gasteiger partial charge < -0.3 is 4.74 Å². The van der Waals surface area contributed by atoms with Crippen LogP contribution in [0.2, 0.25) is 0 Å². The lowest BCUT2D eigenvalue weighted by molar-refractivity contribution is -0.0635. The Balaban J connectivity index is 1.45. The van der Waals surface area contributed by atoms with Gasteiger partial charge >= 0.3 is 0 Å². The van der Waals surface area contributed by atoms with Gasteiger partial charge in [-0.15, -0.1) is 0 Å². The molecule has 5 rings (SSSR count). The summed E-state index contributed by atoms with van der Waals surface area (Å²) in [6.07, 6.45) is 1.63. The molecule has 0 unspecified atom stereocenters. The number of benzene rings is 3. The molecular weight excluding hydrogens is 475 g/mol. The molecule has 2 fully saturated rings. The smallest absolute Gasteiger partial charge is 0.246 e. The first kappa shape index (κ1) is 25.1. The zero-order valence-electron chi connectivity index (χ0n) is 20.8. The number of rotatable bonds is 6. The molecular formula is C29H33FN2O3S. The zero-order valence-corrected chi connectivity index (χ0v) is 21.6. The monoisotopic (exact) mass is 508 g/mol. The maximum atomic E-state index is 14.5. The van der Waals surface area contributed by atoms with Gasteiger partial charge in [0.15, 0.2) is 0 Å². The van der Waals surface area contributed by atoms with Crippen molar-refractivity contribution in [1.29, 1.82) is 0 Å². The lowest BCUT2D eigenvalue weighted by Gasteiger charge is -2.57. The van der Waals surface area contributed by atoms with Crippen LogP contribution in [0.15, 0.2) is 77.7 Å². The van der Waals surface area contributed by atoms with Crippen LogP contribution in [-0.2, 0) is 14.8 Å². The number of methoxy groups -OCH3 is 1. The van der Waals surface area contributed by atoms with Gasteiger partial charge in [-0.1, -0.05) is 66.2 Å². The van der Waals surface area contributed by atoms with Gasteiger partial charge in [-0.2, -0.15) is 4.31 Å². The van der Waals surface area contributed by atoms with E-state index in [1.165, 1.54) is 39.2 Å². The van der Waals surface area contributed by atoms with Crippen LogP contribution in [0.1, 0.15) is 29.9 Å². The van der Waals surface area contributed by atoms with Crippen molar-refractivity contribution in [1.82, 2.24) is 9.21 Å². The maximum Gasteiger partial charge on any atom is 0.246 e. The molecule has 2 aliphatic heterocycles. The number of hydrogen-bond acceptors (Lipinski definition) is 4. The Morgan fingerprint density at radius 3 is 2.42 bits per heavy atom. The summed E-state index contributed by atoms with van der Waals surface area (Å²) >= 11 is 0. The van der Waals surface area contributed by atoms with Gasteiger partial charge in [-0.05, 0) is 55.1 Å². The fourth-order valence-corrected chi connectivity index (χ4v) is 7.36. The fraction of sp³-hybridized carbons (Fsp3) is 0.379. The number of halogens is 1. The molecule has 7 heteroatoms. The summed E-state index contributed by atoms with van der Waals surface area (Å²) in [6.45, 7) is 4.31. The Hall–Kier alpha value is -2.58. The van der Waals surface area contributed by atoms with Crippen LogP contribution in [0.5, 0.6) is 0 Å². The first-order valence-electron chi connectivity index (χ1n) is 12.6. The third-order valence-corrected chi connectivity index (χ3v) is 9.48. The second kappa shape index (κ2) is 10.4. The van der Waals surface area contributed by atoms with Crippen LogP contribution >= 0.6 is 0 Å². The van der Waals surface area contributed by atoms with E-state index in [9.17, 15) is 12.8 Å². The van der Waals surface area contributed by atoms with Crippen molar-refractivity contribution in [2.45, 2.75) is 42.7 Å². The molecule has 0 bridgehead atoms. The molecule has 3 aromatic rings. The van der Waals surface area contributed by atoms with Crippen molar-refractivity contribution in [2.75, 3.05) is 33.4 Å². The van der Waals surface area contributed by atoms with Crippen LogP contribution in [-0.4, -0.2) is 63.1 Å². The van der Waals surface area contributed by atoms with Gasteiger partial charge in [0.1, 0.15) is 10.7 Å². The summed E-state index contributed by atoms with van der Waals surface area (Å²) in [5.41, 5.74) is 4.73. The standard InChI is InChI=1S/C29H33FN2O3S/c1-21-8-7-9-24(18-21)22-12-14-23(15-13-22)29-26-19-31(16-5-6-17-32(26)27(29)20-35-2)36(33,34)28-11-4-3-10-25(28)30/h3-4,7-15,18,26-27,29H,5-6,16-17,19-20H2,1-2H3/t26-,27+,29-/m0/s1. The molecule has 5 nitrogen and oxygen atoms in total. The van der Waals surface area contributed by atoms with Crippen LogP contribution in [0.25, 0.3) is 11.1 Å². The summed E-state index contributed by atoms with van der Waals surface area (Å²) in [5.74, 6) is -0.571. The summed E-state index contributed by atoms with van der Waals surface area (Å²) in [4.78, 5) is 2.13. The molecule has 0 N–H and O–H groups in total. The highest BCUT2D eigenvalue weighted by Crippen LogP contribution is 2.43. The minimum atomic E-state index is -3.94. The Kier molecular flexibility index (Phi) is 7.26. The van der Waals surface area contributed by atoms with Gasteiger partial charge in [-0.3, -0.25) is 4.90 Å². The van der Waals surface area contributed by atoms with E-state index in [-0.39, 0.29) is 22.9 Å². The molecule has 0 spiro atoms. The largest absolute Gasteiger partial charge is 0.383 e. The minimum Gasteiger partial charge on any atom is -0.383 e. The Morgan fingerprint density at radius 1 is 0.944 bits per heavy atom. The van der Waals surface area contributed by atoms with Gasteiger partial charge in [0.05, 0.1) is 6.61 Å². The van der Waals surface area contributed by atoms with Crippen LogP contribution in [0, 0.1) is 12.7 Å². The van der Waals surface area contributed by atoms with Crippen molar-refractivity contribution in [3.05, 3.63) is 89.7 Å². The normalized spacial score (nSPS) is 23.4. The topological polar surface area (TPSA) is 49.9 Å². The third kappa shape index (κ3) is 4.73. The molecule has 0 saturated carbocycles. The van der Waals surface area contributed by atoms with E-state index in [4.69, 9.17) is 4.74 Å². The Morgan fingerprint density at radius 2 is 1.69 bits per heavy atom. The number of fused-ring (bicyclic) bond motifs is 1. The molecule has 2 aliphatic rings. The third-order valence-electron chi connectivity index (χ3n) is 7.58. The van der Waals surface area contributed by atoms with E-state index < -0.39 is 15.8 Å². The molecule has 3 aromatic carbocycles. The quantitative estimate of drug-likeness (QED) is 0.467. The van der Waals surface area contributed by atoms with E-state index in [0.29, 0.717) is 19.7 Å². The lowest BCUT2D eigenvalue weighted by atomic mass is 9.74. The number of aryl methyl sites for hydroxylation is 1. The lowest BCUT2D eigenvalue weighted by Crippen LogP contribution is -2.68. The predicted octanol–water partition coefficient (Wildman–Crippen LogP) is 5.07. The molecule has 3 atom stereocenters. The molecule has 0 radical (unpaired) electrons. The van der Waals surface area contributed by atoms with E-state index >= 15 is 0 Å². The van der Waals surface area contributed by atoms with Gasteiger partial charge in [-0.25, -0.2) is 12.8 Å². The van der Waals surface area contributed by atoms with Crippen LogP contribution in [0.3, 0.4) is 0 Å². The maximum absolute atomic E-state index is 14.5. The van der Waals surface area contributed by atoms with E-state index in [1.807, 2.05) is 0 Å². The summed E-state index contributed by atoms with van der Waals surface area (Å²) < 4.78 is 48.5. The van der Waals surface area contributed by atoms with E-state index in [0.717, 1.165) is 24.9 Å². The first-order valence-corrected chi connectivity index (χ1v) is 14.0. The highest BCUT2D eigenvalue weighted by molar-refractivity contribution is 7.89. The molecule has 0 aromatic heterocycles. The Bertz CT molecular complexity index is 1310. The van der Waals surface area contributed by atoms with Crippen LogP contribution < -0.4 is 0 Å². The van der Waals surface area contributed by atoms with E-state index in [1.54, 1.807) is 13.2 Å². The number of ether oxygens (including phenoxy) is 1. The summed E-state index contributed by atoms with van der Waals surface area (Å²) in [5, 5.41) is 0. The molecule has 2 heterocycles.